The molecule has 0 saturated carbocycles. The highest BCUT2D eigenvalue weighted by Crippen LogP contribution is 2.20. The van der Waals surface area contributed by atoms with E-state index < -0.39 is 17.9 Å². The Morgan fingerprint density at radius 1 is 1.25 bits per heavy atom. The maximum atomic E-state index is 11.7. The highest BCUT2D eigenvalue weighted by atomic mass is 35.5. The number of benzene rings is 1. The number of hydrogen-bond donors (Lipinski definition) is 2. The predicted octanol–water partition coefficient (Wildman–Crippen LogP) is 2.00. The highest BCUT2D eigenvalue weighted by molar-refractivity contribution is 6.37. The van der Waals surface area contributed by atoms with Gasteiger partial charge in [-0.1, -0.05) is 23.2 Å². The van der Waals surface area contributed by atoms with E-state index in [4.69, 9.17) is 23.2 Å². The van der Waals surface area contributed by atoms with Gasteiger partial charge in [0.1, 0.15) is 6.54 Å². The van der Waals surface area contributed by atoms with E-state index in [0.717, 1.165) is 0 Å². The van der Waals surface area contributed by atoms with Gasteiger partial charge in [0.05, 0.1) is 17.2 Å². The van der Waals surface area contributed by atoms with Crippen LogP contribution in [0.5, 0.6) is 0 Å². The van der Waals surface area contributed by atoms with Crippen molar-refractivity contribution < 1.29 is 19.1 Å². The molecule has 0 atom stereocenters. The Morgan fingerprint density at radius 2 is 1.95 bits per heavy atom. The average molecular weight is 319 g/mol. The summed E-state index contributed by atoms with van der Waals surface area (Å²) in [6.07, 6.45) is 0. The van der Waals surface area contributed by atoms with Gasteiger partial charge in [-0.25, -0.2) is 4.79 Å². The lowest BCUT2D eigenvalue weighted by molar-refractivity contribution is -0.141. The van der Waals surface area contributed by atoms with E-state index >= 15 is 0 Å². The molecule has 1 aromatic carbocycles. The first kappa shape index (κ1) is 16.3. The van der Waals surface area contributed by atoms with Crippen molar-refractivity contribution in [3.63, 3.8) is 0 Å². The number of rotatable bonds is 4. The van der Waals surface area contributed by atoms with Crippen molar-refractivity contribution in [2.75, 3.05) is 13.2 Å². The van der Waals surface area contributed by atoms with Crippen LogP contribution in [-0.2, 0) is 9.53 Å². The van der Waals surface area contributed by atoms with Crippen molar-refractivity contribution in [2.24, 2.45) is 0 Å². The summed E-state index contributed by atoms with van der Waals surface area (Å²) in [6, 6.07) is 3.42. The Hall–Kier alpha value is -1.79. The second-order valence-electron chi connectivity index (χ2n) is 3.57. The van der Waals surface area contributed by atoms with Gasteiger partial charge in [-0.15, -0.1) is 0 Å². The normalized spacial score (nSPS) is 9.75. The van der Waals surface area contributed by atoms with Crippen LogP contribution in [0.1, 0.15) is 17.3 Å². The molecule has 0 aliphatic heterocycles. The summed E-state index contributed by atoms with van der Waals surface area (Å²) in [7, 11) is 0. The Labute approximate surface area is 125 Å². The van der Waals surface area contributed by atoms with E-state index in [0.29, 0.717) is 5.02 Å². The fraction of sp³-hybridized carbons (Fsp3) is 0.250. The van der Waals surface area contributed by atoms with Gasteiger partial charge in [-0.2, -0.15) is 0 Å². The van der Waals surface area contributed by atoms with Crippen LogP contribution in [0.3, 0.4) is 0 Å². The Bertz CT molecular complexity index is 534. The third kappa shape index (κ3) is 5.07. The highest BCUT2D eigenvalue weighted by Gasteiger charge is 2.14. The van der Waals surface area contributed by atoms with Crippen LogP contribution < -0.4 is 10.6 Å². The van der Waals surface area contributed by atoms with Crippen molar-refractivity contribution in [1.29, 1.82) is 0 Å². The van der Waals surface area contributed by atoms with E-state index in [-0.39, 0.29) is 23.7 Å². The van der Waals surface area contributed by atoms with Crippen LogP contribution in [0.15, 0.2) is 18.2 Å². The number of halogens is 2. The number of ether oxygens (including phenoxy) is 1. The molecule has 2 N–H and O–H groups in total. The van der Waals surface area contributed by atoms with Crippen molar-refractivity contribution in [3.05, 3.63) is 33.8 Å². The number of carbonyl (C=O) groups is 3. The SMILES string of the molecule is CCOC(=O)CNC(=O)NC(=O)c1ccc(Cl)cc1Cl. The topological polar surface area (TPSA) is 84.5 Å². The first-order valence-corrected chi connectivity index (χ1v) is 6.39. The van der Waals surface area contributed by atoms with Gasteiger partial charge in [0.25, 0.3) is 5.91 Å². The zero-order valence-corrected chi connectivity index (χ0v) is 12.0. The lowest BCUT2D eigenvalue weighted by Crippen LogP contribution is -2.42. The zero-order valence-electron chi connectivity index (χ0n) is 10.5. The van der Waals surface area contributed by atoms with Crippen LogP contribution in [0.25, 0.3) is 0 Å². The van der Waals surface area contributed by atoms with Crippen molar-refractivity contribution >= 4 is 41.1 Å². The summed E-state index contributed by atoms with van der Waals surface area (Å²) >= 11 is 11.5. The predicted molar refractivity (Wildman–Crippen MR) is 74.0 cm³/mol. The van der Waals surface area contributed by atoms with Gasteiger partial charge >= 0.3 is 12.0 Å². The lowest BCUT2D eigenvalue weighted by atomic mass is 10.2. The van der Waals surface area contributed by atoms with Gasteiger partial charge in [-0.3, -0.25) is 14.9 Å². The second kappa shape index (κ2) is 7.72. The Balaban J connectivity index is 2.53. The summed E-state index contributed by atoms with van der Waals surface area (Å²) in [5.74, 6) is -1.30. The van der Waals surface area contributed by atoms with E-state index in [1.54, 1.807) is 6.92 Å². The van der Waals surface area contributed by atoms with E-state index in [2.05, 4.69) is 10.1 Å². The van der Waals surface area contributed by atoms with E-state index in [9.17, 15) is 14.4 Å². The van der Waals surface area contributed by atoms with Gasteiger partial charge in [0, 0.05) is 5.02 Å². The van der Waals surface area contributed by atoms with Crippen molar-refractivity contribution in [3.8, 4) is 0 Å². The molecule has 8 heteroatoms. The van der Waals surface area contributed by atoms with Gasteiger partial charge in [0.2, 0.25) is 0 Å². The van der Waals surface area contributed by atoms with Crippen LogP contribution in [0, 0.1) is 0 Å². The molecule has 0 aliphatic rings. The molecular formula is C12H12Cl2N2O4. The Morgan fingerprint density at radius 3 is 2.55 bits per heavy atom. The standard InChI is InChI=1S/C12H12Cl2N2O4/c1-2-20-10(17)6-15-12(19)16-11(18)8-4-3-7(13)5-9(8)14/h3-5H,2,6H2,1H3,(H2,15,16,18,19). The third-order valence-electron chi connectivity index (χ3n) is 2.10. The molecule has 20 heavy (non-hydrogen) atoms. The van der Waals surface area contributed by atoms with Crippen molar-refractivity contribution in [2.45, 2.75) is 6.92 Å². The number of carbonyl (C=O) groups excluding carboxylic acids is 3. The second-order valence-corrected chi connectivity index (χ2v) is 4.41. The van der Waals surface area contributed by atoms with Crippen LogP contribution in [-0.4, -0.2) is 31.1 Å². The molecule has 108 valence electrons. The summed E-state index contributed by atoms with van der Waals surface area (Å²) in [4.78, 5) is 34.1. The number of esters is 1. The molecule has 1 rings (SSSR count). The molecule has 0 saturated heterocycles. The van der Waals surface area contributed by atoms with E-state index in [1.165, 1.54) is 18.2 Å². The molecule has 0 spiro atoms. The smallest absolute Gasteiger partial charge is 0.325 e. The fourth-order valence-corrected chi connectivity index (χ4v) is 1.75. The molecule has 0 aromatic heterocycles. The molecule has 0 bridgehead atoms. The average Bonchev–Trinajstić information content (AvgIpc) is 2.36. The molecular weight excluding hydrogens is 307 g/mol. The minimum absolute atomic E-state index is 0.0994. The zero-order chi connectivity index (χ0) is 15.1. The fourth-order valence-electron chi connectivity index (χ4n) is 1.25. The van der Waals surface area contributed by atoms with Crippen molar-refractivity contribution in [1.82, 2.24) is 10.6 Å². The Kier molecular flexibility index (Phi) is 6.27. The van der Waals surface area contributed by atoms with Gasteiger partial charge in [0.15, 0.2) is 0 Å². The molecule has 0 aliphatic carbocycles. The molecule has 1 aromatic rings. The molecule has 3 amide bonds. The van der Waals surface area contributed by atoms with E-state index in [1.807, 2.05) is 5.32 Å². The summed E-state index contributed by atoms with van der Waals surface area (Å²) in [5, 5.41) is 4.71. The van der Waals surface area contributed by atoms with Crippen LogP contribution >= 0.6 is 23.2 Å². The molecule has 0 fully saturated rings. The minimum Gasteiger partial charge on any atom is -0.465 e. The number of nitrogens with one attached hydrogen (secondary N) is 2. The lowest BCUT2D eigenvalue weighted by Gasteiger charge is -2.07. The maximum absolute atomic E-state index is 11.7. The molecule has 0 heterocycles. The minimum atomic E-state index is -0.825. The largest absolute Gasteiger partial charge is 0.465 e. The number of amides is 3. The number of hydrogen-bond acceptors (Lipinski definition) is 4. The first-order valence-electron chi connectivity index (χ1n) is 5.64. The summed E-state index contributed by atoms with van der Waals surface area (Å²) in [6.45, 7) is 1.52. The van der Waals surface area contributed by atoms with Gasteiger partial charge < -0.3 is 10.1 Å². The number of imide groups is 1. The molecule has 0 unspecified atom stereocenters. The summed E-state index contributed by atoms with van der Waals surface area (Å²) in [5.41, 5.74) is 0.0994. The third-order valence-corrected chi connectivity index (χ3v) is 2.65. The monoisotopic (exact) mass is 318 g/mol. The van der Waals surface area contributed by atoms with Crippen LogP contribution in [0.2, 0.25) is 10.0 Å². The first-order chi connectivity index (χ1) is 9.43. The summed E-state index contributed by atoms with van der Waals surface area (Å²) < 4.78 is 4.61. The number of urea groups is 1. The van der Waals surface area contributed by atoms with Gasteiger partial charge in [-0.05, 0) is 25.1 Å². The maximum Gasteiger partial charge on any atom is 0.325 e. The quantitative estimate of drug-likeness (QED) is 0.831. The van der Waals surface area contributed by atoms with Crippen LogP contribution in [0.4, 0.5) is 4.79 Å². The molecule has 6 nitrogen and oxygen atoms in total. The molecule has 0 radical (unpaired) electrons.